The monoisotopic (exact) mass is 570 g/mol. The van der Waals surface area contributed by atoms with Gasteiger partial charge in [0.1, 0.15) is 11.5 Å². The first-order valence-corrected chi connectivity index (χ1v) is 14.0. The second kappa shape index (κ2) is 10.3. The number of methoxy groups -OCH3 is 2. The summed E-state index contributed by atoms with van der Waals surface area (Å²) in [6.07, 6.45) is 5.40. The first-order valence-electron chi connectivity index (χ1n) is 12.4. The maximum Gasteiger partial charge on any atom is 0.174 e. The summed E-state index contributed by atoms with van der Waals surface area (Å²) in [4.78, 5) is 7.70. The maximum atomic E-state index is 5.63. The highest BCUT2D eigenvalue weighted by Gasteiger charge is 2.40. The normalized spacial score (nSPS) is 19.8. The first-order chi connectivity index (χ1) is 18.1. The van der Waals surface area contributed by atoms with Crippen molar-refractivity contribution in [3.8, 4) is 11.5 Å². The Labute approximate surface area is 230 Å². The van der Waals surface area contributed by atoms with E-state index in [1.54, 1.807) is 26.0 Å². The van der Waals surface area contributed by atoms with Gasteiger partial charge in [-0.25, -0.2) is 4.99 Å². The van der Waals surface area contributed by atoms with E-state index in [9.17, 15) is 0 Å². The molecule has 0 radical (unpaired) electrons. The highest BCUT2D eigenvalue weighted by Crippen LogP contribution is 2.51. The van der Waals surface area contributed by atoms with E-state index in [4.69, 9.17) is 14.5 Å². The fourth-order valence-corrected chi connectivity index (χ4v) is 6.48. The summed E-state index contributed by atoms with van der Waals surface area (Å²) >= 11 is 5.28. The van der Waals surface area contributed by atoms with Crippen molar-refractivity contribution in [3.63, 3.8) is 0 Å². The van der Waals surface area contributed by atoms with E-state index < -0.39 is 0 Å². The molecule has 2 heterocycles. The lowest BCUT2D eigenvalue weighted by atomic mass is 9.82. The van der Waals surface area contributed by atoms with Crippen LogP contribution >= 0.6 is 27.7 Å². The molecule has 1 unspecified atom stereocenters. The third-order valence-corrected chi connectivity index (χ3v) is 8.39. The largest absolute Gasteiger partial charge is 0.497 e. The van der Waals surface area contributed by atoms with Gasteiger partial charge in [-0.1, -0.05) is 64.1 Å². The fraction of sp³-hybridized carbons (Fsp3) is 0.194. The molecule has 1 aliphatic carbocycles. The Hall–Kier alpha value is -3.22. The number of halogens is 1. The van der Waals surface area contributed by atoms with Crippen LogP contribution < -0.4 is 9.47 Å². The number of fused-ring (bicyclic) bond motifs is 1. The maximum absolute atomic E-state index is 5.63. The van der Waals surface area contributed by atoms with Crippen molar-refractivity contribution in [1.29, 1.82) is 0 Å². The molecule has 0 saturated carbocycles. The zero-order valence-corrected chi connectivity index (χ0v) is 23.2. The quantitative estimate of drug-likeness (QED) is 0.308. The minimum absolute atomic E-state index is 0.0523. The average molecular weight is 572 g/mol. The molecule has 4 nitrogen and oxygen atoms in total. The molecule has 1 atom stereocenters. The van der Waals surface area contributed by atoms with Crippen LogP contribution in [0.15, 0.2) is 105 Å². The molecule has 0 aromatic heterocycles. The lowest BCUT2D eigenvalue weighted by Crippen LogP contribution is -2.34. The minimum atomic E-state index is 0.0523. The van der Waals surface area contributed by atoms with Crippen molar-refractivity contribution in [2.75, 3.05) is 14.2 Å². The van der Waals surface area contributed by atoms with Crippen LogP contribution in [0.25, 0.3) is 11.8 Å². The summed E-state index contributed by atoms with van der Waals surface area (Å²) in [6.45, 7) is 0. The van der Waals surface area contributed by atoms with Gasteiger partial charge in [-0.05, 0) is 89.6 Å². The number of nitrogens with zero attached hydrogens (tertiary/aromatic N) is 2. The van der Waals surface area contributed by atoms with Crippen molar-refractivity contribution in [2.45, 2.75) is 25.3 Å². The molecule has 3 aliphatic rings. The number of thioether (sulfide) groups is 1. The molecule has 0 bridgehead atoms. The predicted octanol–water partition coefficient (Wildman–Crippen LogP) is 8.45. The van der Waals surface area contributed by atoms with Crippen LogP contribution in [0.3, 0.4) is 0 Å². The molecule has 37 heavy (non-hydrogen) atoms. The Bertz CT molecular complexity index is 1470. The second-order valence-electron chi connectivity index (χ2n) is 9.24. The number of hydrogen-bond acceptors (Lipinski definition) is 5. The third kappa shape index (κ3) is 4.64. The summed E-state index contributed by atoms with van der Waals surface area (Å²) in [5.74, 6) is 1.73. The van der Waals surface area contributed by atoms with E-state index in [-0.39, 0.29) is 6.04 Å². The molecular weight excluding hydrogens is 544 g/mol. The number of rotatable bonds is 5. The van der Waals surface area contributed by atoms with E-state index in [1.807, 2.05) is 18.2 Å². The van der Waals surface area contributed by atoms with Crippen LogP contribution in [0.1, 0.15) is 42.0 Å². The molecule has 3 aromatic carbocycles. The van der Waals surface area contributed by atoms with E-state index >= 15 is 0 Å². The molecule has 186 valence electrons. The topological polar surface area (TPSA) is 34.1 Å². The first kappa shape index (κ1) is 24.1. The van der Waals surface area contributed by atoms with Crippen LogP contribution in [0.2, 0.25) is 0 Å². The molecule has 3 aromatic rings. The molecule has 0 amide bonds. The molecule has 0 saturated heterocycles. The molecule has 0 spiro atoms. The van der Waals surface area contributed by atoms with Gasteiger partial charge in [0.05, 0.1) is 31.7 Å². The standard InChI is InChI=1S/C31H27BrN2O2S/c1-35-25-9-3-6-20(17-25)16-22-7-5-11-27-29(22)33-31-34(30(27)23-8-4-10-26(18-23)36-2)28(19-37-31)21-12-14-24(32)15-13-21/h3-4,6,8-10,12-19,30H,5,7,11H2,1-2H3. The Morgan fingerprint density at radius 1 is 0.946 bits per heavy atom. The number of benzene rings is 3. The molecule has 6 rings (SSSR count). The Balaban J connectivity index is 1.49. The van der Waals surface area contributed by atoms with E-state index in [1.165, 1.54) is 28.0 Å². The van der Waals surface area contributed by atoms with Gasteiger partial charge < -0.3 is 14.4 Å². The van der Waals surface area contributed by atoms with Gasteiger partial charge in [-0.3, -0.25) is 0 Å². The third-order valence-electron chi connectivity index (χ3n) is 7.02. The van der Waals surface area contributed by atoms with Crippen LogP contribution in [-0.4, -0.2) is 24.3 Å². The van der Waals surface area contributed by atoms with Gasteiger partial charge in [0.25, 0.3) is 0 Å². The molecule has 6 heteroatoms. The minimum Gasteiger partial charge on any atom is -0.497 e. The summed E-state index contributed by atoms with van der Waals surface area (Å²) in [5.41, 5.74) is 8.49. The van der Waals surface area contributed by atoms with E-state index in [0.29, 0.717) is 0 Å². The van der Waals surface area contributed by atoms with Crippen molar-refractivity contribution in [3.05, 3.63) is 116 Å². The van der Waals surface area contributed by atoms with Crippen LogP contribution in [-0.2, 0) is 0 Å². The zero-order valence-electron chi connectivity index (χ0n) is 20.8. The van der Waals surface area contributed by atoms with Gasteiger partial charge in [-0.15, -0.1) is 0 Å². The van der Waals surface area contributed by atoms with E-state index in [2.05, 4.69) is 86.9 Å². The number of hydrogen-bond donors (Lipinski definition) is 0. The Morgan fingerprint density at radius 2 is 1.70 bits per heavy atom. The van der Waals surface area contributed by atoms with Gasteiger partial charge in [0.2, 0.25) is 0 Å². The van der Waals surface area contributed by atoms with Gasteiger partial charge >= 0.3 is 0 Å². The summed E-state index contributed by atoms with van der Waals surface area (Å²) in [5, 5.41) is 3.25. The summed E-state index contributed by atoms with van der Waals surface area (Å²) in [6, 6.07) is 25.3. The van der Waals surface area contributed by atoms with Gasteiger partial charge in [0.15, 0.2) is 5.17 Å². The van der Waals surface area contributed by atoms with Crippen LogP contribution in [0.4, 0.5) is 0 Å². The zero-order chi connectivity index (χ0) is 25.4. The number of aliphatic imine (C=N–C) groups is 1. The average Bonchev–Trinajstić information content (AvgIpc) is 3.36. The lowest BCUT2D eigenvalue weighted by Gasteiger charge is -2.40. The van der Waals surface area contributed by atoms with Crippen molar-refractivity contribution < 1.29 is 9.47 Å². The number of ether oxygens (including phenoxy) is 2. The molecular formula is C31H27BrN2O2S. The second-order valence-corrected chi connectivity index (χ2v) is 11.0. The van der Waals surface area contributed by atoms with Gasteiger partial charge in [-0.2, -0.15) is 0 Å². The smallest absolute Gasteiger partial charge is 0.174 e. The van der Waals surface area contributed by atoms with Crippen molar-refractivity contribution in [2.24, 2.45) is 4.99 Å². The van der Waals surface area contributed by atoms with Crippen molar-refractivity contribution in [1.82, 2.24) is 4.90 Å². The Kier molecular flexibility index (Phi) is 6.70. The SMILES string of the molecule is COc1cccc(C=C2CCCC3=C2N=C2SC=C(c4ccc(Br)cc4)N2C3c2cccc(OC)c2)c1. The molecule has 0 fully saturated rings. The predicted molar refractivity (Wildman–Crippen MR) is 157 cm³/mol. The Morgan fingerprint density at radius 3 is 2.49 bits per heavy atom. The fourth-order valence-electron chi connectivity index (χ4n) is 5.29. The number of amidine groups is 1. The number of allylic oxidation sites excluding steroid dienone is 1. The highest BCUT2D eigenvalue weighted by atomic mass is 79.9. The van der Waals surface area contributed by atoms with E-state index in [0.717, 1.165) is 51.7 Å². The lowest BCUT2D eigenvalue weighted by molar-refractivity contribution is 0.410. The van der Waals surface area contributed by atoms with Gasteiger partial charge in [0, 0.05) is 9.88 Å². The van der Waals surface area contributed by atoms with Crippen LogP contribution in [0, 0.1) is 0 Å². The summed E-state index contributed by atoms with van der Waals surface area (Å²) in [7, 11) is 3.44. The molecule has 2 aliphatic heterocycles. The highest BCUT2D eigenvalue weighted by molar-refractivity contribution is 9.10. The van der Waals surface area contributed by atoms with Crippen LogP contribution in [0.5, 0.6) is 11.5 Å². The van der Waals surface area contributed by atoms with Crippen molar-refractivity contribution >= 4 is 44.6 Å². The summed E-state index contributed by atoms with van der Waals surface area (Å²) < 4.78 is 12.2. The molecule has 0 N–H and O–H groups in total.